The number of hydrogen-bond acceptors (Lipinski definition) is 4. The van der Waals surface area contributed by atoms with Gasteiger partial charge in [0, 0.05) is 23.8 Å². The minimum absolute atomic E-state index is 0.0170. The molecule has 0 saturated heterocycles. The predicted octanol–water partition coefficient (Wildman–Crippen LogP) is -1.07. The molecule has 0 unspecified atom stereocenters. The van der Waals surface area contributed by atoms with Gasteiger partial charge in [-0.3, -0.25) is 0 Å². The third-order valence-electron chi connectivity index (χ3n) is 4.01. The van der Waals surface area contributed by atoms with Gasteiger partial charge in [-0.1, -0.05) is 6.42 Å². The molecule has 3 aliphatic rings. The first-order valence-corrected chi connectivity index (χ1v) is 5.53. The molecular weight excluding hydrogens is 196 g/mol. The van der Waals surface area contributed by atoms with Gasteiger partial charge in [0.15, 0.2) is 0 Å². The molecule has 0 N–H and O–H groups in total. The summed E-state index contributed by atoms with van der Waals surface area (Å²) in [5.74, 6) is -4.10. The van der Waals surface area contributed by atoms with Gasteiger partial charge in [-0.25, -0.2) is 0 Å². The van der Waals surface area contributed by atoms with Crippen molar-refractivity contribution < 1.29 is 19.8 Å². The molecule has 15 heavy (non-hydrogen) atoms. The number of hydrogen-bond donors (Lipinski definition) is 0. The zero-order valence-corrected chi connectivity index (χ0v) is 8.48. The van der Waals surface area contributed by atoms with Crippen LogP contribution in [0.3, 0.4) is 0 Å². The lowest BCUT2D eigenvalue weighted by Crippen LogP contribution is -2.51. The molecule has 4 nitrogen and oxygen atoms in total. The van der Waals surface area contributed by atoms with E-state index in [-0.39, 0.29) is 11.8 Å². The Morgan fingerprint density at radius 2 is 1.20 bits per heavy atom. The van der Waals surface area contributed by atoms with E-state index >= 15 is 0 Å². The van der Waals surface area contributed by atoms with E-state index in [4.69, 9.17) is 0 Å². The summed E-state index contributed by atoms with van der Waals surface area (Å²) in [7, 11) is 0. The normalized spacial score (nSPS) is 39.7. The third-order valence-corrected chi connectivity index (χ3v) is 4.01. The number of carbonyl (C=O) groups is 2. The molecule has 0 heterocycles. The van der Waals surface area contributed by atoms with Gasteiger partial charge in [0.05, 0.1) is 0 Å². The van der Waals surface area contributed by atoms with Crippen LogP contribution >= 0.6 is 0 Å². The Morgan fingerprint density at radius 3 is 1.53 bits per heavy atom. The molecule has 0 amide bonds. The van der Waals surface area contributed by atoms with Crippen LogP contribution in [0, 0.1) is 23.7 Å². The summed E-state index contributed by atoms with van der Waals surface area (Å²) in [6.45, 7) is 0. The molecule has 0 aliphatic heterocycles. The Labute approximate surface area is 88.3 Å². The van der Waals surface area contributed by atoms with Gasteiger partial charge in [-0.15, -0.1) is 0 Å². The lowest BCUT2D eigenvalue weighted by atomic mass is 9.68. The minimum atomic E-state index is -1.21. The Balaban J connectivity index is 2.31. The summed E-state index contributed by atoms with van der Waals surface area (Å²) < 4.78 is 0. The maximum absolute atomic E-state index is 11.0. The van der Waals surface area contributed by atoms with E-state index in [0.717, 1.165) is 32.1 Å². The molecule has 0 radical (unpaired) electrons. The van der Waals surface area contributed by atoms with Crippen LogP contribution in [0.25, 0.3) is 0 Å². The third kappa shape index (κ3) is 1.73. The van der Waals surface area contributed by atoms with Crippen LogP contribution in [-0.2, 0) is 9.59 Å². The summed E-state index contributed by atoms with van der Waals surface area (Å²) in [5, 5.41) is 22.0. The summed E-state index contributed by atoms with van der Waals surface area (Å²) in [6, 6.07) is 0. The van der Waals surface area contributed by atoms with Crippen LogP contribution in [0.15, 0.2) is 0 Å². The molecule has 4 heteroatoms. The number of carboxylic acid groups (broad SMARTS) is 2. The fraction of sp³-hybridized carbons (Fsp3) is 0.818. The Morgan fingerprint density at radius 1 is 0.800 bits per heavy atom. The monoisotopic (exact) mass is 210 g/mol. The maximum Gasteiger partial charge on any atom is 0.0454 e. The van der Waals surface area contributed by atoms with E-state index < -0.39 is 23.8 Å². The van der Waals surface area contributed by atoms with Crippen LogP contribution in [0.5, 0.6) is 0 Å². The highest BCUT2D eigenvalue weighted by molar-refractivity contribution is 5.78. The molecule has 3 aliphatic carbocycles. The smallest absolute Gasteiger partial charge is 0.0454 e. The van der Waals surface area contributed by atoms with Crippen molar-refractivity contribution in [3.63, 3.8) is 0 Å². The van der Waals surface area contributed by atoms with Crippen LogP contribution in [0.1, 0.15) is 32.1 Å². The maximum atomic E-state index is 11.0. The highest BCUT2D eigenvalue weighted by Gasteiger charge is 2.42. The van der Waals surface area contributed by atoms with Gasteiger partial charge >= 0.3 is 0 Å². The van der Waals surface area contributed by atoms with Crippen molar-refractivity contribution in [3.05, 3.63) is 0 Å². The zero-order valence-electron chi connectivity index (χ0n) is 8.48. The average Bonchev–Trinajstić information content (AvgIpc) is 2.48. The van der Waals surface area contributed by atoms with Crippen molar-refractivity contribution in [2.24, 2.45) is 23.7 Å². The van der Waals surface area contributed by atoms with Crippen LogP contribution in [-0.4, -0.2) is 11.9 Å². The SMILES string of the molecule is O=C([O-])[C@H]1[C@@H]2CCC[C@@H](CC2)[C@@H]1C(=O)[O-]. The lowest BCUT2D eigenvalue weighted by molar-refractivity contribution is -0.332. The number of aliphatic carboxylic acids is 2. The van der Waals surface area contributed by atoms with E-state index in [9.17, 15) is 19.8 Å². The highest BCUT2D eigenvalue weighted by Crippen LogP contribution is 2.46. The van der Waals surface area contributed by atoms with Crippen molar-refractivity contribution in [2.75, 3.05) is 0 Å². The summed E-state index contributed by atoms with van der Waals surface area (Å²) in [6.07, 6.45) is 4.22. The summed E-state index contributed by atoms with van der Waals surface area (Å²) >= 11 is 0. The van der Waals surface area contributed by atoms with E-state index in [2.05, 4.69) is 0 Å². The van der Waals surface area contributed by atoms with E-state index in [1.807, 2.05) is 0 Å². The second kappa shape index (κ2) is 3.83. The van der Waals surface area contributed by atoms with Gasteiger partial charge < -0.3 is 19.8 Å². The number of carbonyl (C=O) groups excluding carboxylic acids is 2. The Kier molecular flexibility index (Phi) is 2.67. The second-order valence-electron chi connectivity index (χ2n) is 4.72. The summed E-state index contributed by atoms with van der Waals surface area (Å²) in [5.41, 5.74) is 0. The first kappa shape index (κ1) is 10.5. The zero-order chi connectivity index (χ0) is 11.0. The molecule has 84 valence electrons. The number of carboxylic acids is 2. The van der Waals surface area contributed by atoms with Crippen molar-refractivity contribution >= 4 is 11.9 Å². The minimum Gasteiger partial charge on any atom is -0.550 e. The van der Waals surface area contributed by atoms with Crippen molar-refractivity contribution in [1.82, 2.24) is 0 Å². The Bertz CT molecular complexity index is 254. The first-order valence-electron chi connectivity index (χ1n) is 5.53. The topological polar surface area (TPSA) is 80.3 Å². The van der Waals surface area contributed by atoms with Gasteiger partial charge in [-0.2, -0.15) is 0 Å². The van der Waals surface area contributed by atoms with E-state index in [1.165, 1.54) is 0 Å². The highest BCUT2D eigenvalue weighted by atomic mass is 16.4. The molecule has 0 aromatic rings. The molecule has 2 bridgehead atoms. The van der Waals surface area contributed by atoms with Gasteiger partial charge in [0.2, 0.25) is 0 Å². The average molecular weight is 210 g/mol. The van der Waals surface area contributed by atoms with Crippen molar-refractivity contribution in [3.8, 4) is 0 Å². The lowest BCUT2D eigenvalue weighted by Gasteiger charge is -2.41. The quantitative estimate of drug-likeness (QED) is 0.581. The van der Waals surface area contributed by atoms with Gasteiger partial charge in [-0.05, 0) is 37.5 Å². The van der Waals surface area contributed by atoms with Gasteiger partial charge in [0.1, 0.15) is 0 Å². The molecule has 3 saturated carbocycles. The van der Waals surface area contributed by atoms with E-state index in [0.29, 0.717) is 0 Å². The molecule has 0 aromatic heterocycles. The van der Waals surface area contributed by atoms with Gasteiger partial charge in [0.25, 0.3) is 0 Å². The molecule has 3 rings (SSSR count). The predicted molar refractivity (Wildman–Crippen MR) is 47.1 cm³/mol. The molecule has 0 aromatic carbocycles. The Hall–Kier alpha value is -1.06. The summed E-state index contributed by atoms with van der Waals surface area (Å²) in [4.78, 5) is 22.0. The fourth-order valence-electron chi connectivity index (χ4n) is 3.34. The number of rotatable bonds is 2. The first-order chi connectivity index (χ1) is 7.11. The van der Waals surface area contributed by atoms with Crippen LogP contribution in [0.4, 0.5) is 0 Å². The molecule has 4 atom stereocenters. The van der Waals surface area contributed by atoms with E-state index in [1.54, 1.807) is 0 Å². The second-order valence-corrected chi connectivity index (χ2v) is 4.72. The molecule has 3 fully saturated rings. The molecule has 0 spiro atoms. The van der Waals surface area contributed by atoms with Crippen molar-refractivity contribution in [2.45, 2.75) is 32.1 Å². The largest absolute Gasteiger partial charge is 0.550 e. The van der Waals surface area contributed by atoms with Crippen molar-refractivity contribution in [1.29, 1.82) is 0 Å². The van der Waals surface area contributed by atoms with Crippen LogP contribution < -0.4 is 10.2 Å². The molecular formula is C11H14O4-2. The van der Waals surface area contributed by atoms with Crippen LogP contribution in [0.2, 0.25) is 0 Å². The fourth-order valence-corrected chi connectivity index (χ4v) is 3.34. The standard InChI is InChI=1S/C11H16O4/c12-10(13)8-6-2-1-3-7(5-4-6)9(8)11(14)15/h6-9H,1-5H2,(H,12,13)(H,14,15)/p-2/t6-,7+,8-,9-/m0/s1. The number of fused-ring (bicyclic) bond motifs is 4.